The van der Waals surface area contributed by atoms with Crippen LogP contribution in [0.1, 0.15) is 6.92 Å². The van der Waals surface area contributed by atoms with Crippen molar-refractivity contribution in [2.24, 2.45) is 0 Å². The minimum absolute atomic E-state index is 0.0255. The molecule has 0 aromatic heterocycles. The van der Waals surface area contributed by atoms with Crippen molar-refractivity contribution in [2.75, 3.05) is 39.2 Å². The number of rotatable bonds is 6. The highest BCUT2D eigenvalue weighted by Gasteiger charge is 2.32. The van der Waals surface area contributed by atoms with Gasteiger partial charge in [0.2, 0.25) is 5.91 Å². The fourth-order valence-electron chi connectivity index (χ4n) is 1.90. The maximum absolute atomic E-state index is 11.9. The van der Waals surface area contributed by atoms with E-state index >= 15 is 0 Å². The molecule has 0 aliphatic carbocycles. The number of hydrogen-bond acceptors (Lipinski definition) is 5. The molecule has 6 heteroatoms. The molecule has 20 heavy (non-hydrogen) atoms. The lowest BCUT2D eigenvalue weighted by molar-refractivity contribution is -0.130. The van der Waals surface area contributed by atoms with E-state index in [4.69, 9.17) is 14.2 Å². The van der Waals surface area contributed by atoms with Crippen LogP contribution in [0.4, 0.5) is 5.69 Å². The Morgan fingerprint density at radius 3 is 2.30 bits per heavy atom. The molecule has 110 valence electrons. The Morgan fingerprint density at radius 1 is 1.25 bits per heavy atom. The van der Waals surface area contributed by atoms with E-state index in [9.17, 15) is 4.79 Å². The largest absolute Gasteiger partial charge is 0.497 e. The molecule has 0 unspecified atom stereocenters. The molecule has 0 radical (unpaired) electrons. The summed E-state index contributed by atoms with van der Waals surface area (Å²) in [5.74, 6) is 1.04. The predicted molar refractivity (Wildman–Crippen MR) is 75.4 cm³/mol. The second kappa shape index (κ2) is 6.11. The summed E-state index contributed by atoms with van der Waals surface area (Å²) in [4.78, 5) is 11.9. The number of benzene rings is 1. The summed E-state index contributed by atoms with van der Waals surface area (Å²) in [6.45, 7) is 3.55. The van der Waals surface area contributed by atoms with Crippen LogP contribution in [0, 0.1) is 0 Å². The molecular formula is C14H20N2O4. The summed E-state index contributed by atoms with van der Waals surface area (Å²) in [6.07, 6.45) is 0. The quantitative estimate of drug-likeness (QED) is 0.814. The van der Waals surface area contributed by atoms with Gasteiger partial charge in [0.15, 0.2) is 0 Å². The van der Waals surface area contributed by atoms with Crippen LogP contribution < -0.4 is 20.1 Å². The van der Waals surface area contributed by atoms with Crippen molar-refractivity contribution < 1.29 is 19.0 Å². The first-order valence-electron chi connectivity index (χ1n) is 6.42. The van der Waals surface area contributed by atoms with E-state index < -0.39 is 0 Å². The smallest absolute Gasteiger partial charge is 0.250 e. The Labute approximate surface area is 118 Å². The number of ether oxygens (including phenoxy) is 3. The molecule has 1 aromatic carbocycles. The molecule has 1 aliphatic rings. The number of nitrogens with one attached hydrogen (secondary N) is 2. The van der Waals surface area contributed by atoms with E-state index in [2.05, 4.69) is 10.6 Å². The van der Waals surface area contributed by atoms with Crippen molar-refractivity contribution in [1.29, 1.82) is 0 Å². The van der Waals surface area contributed by atoms with Gasteiger partial charge in [-0.15, -0.1) is 0 Å². The van der Waals surface area contributed by atoms with Crippen LogP contribution in [0.2, 0.25) is 0 Å². The maximum atomic E-state index is 11.9. The number of hydrogen-bond donors (Lipinski definition) is 2. The molecule has 0 bridgehead atoms. The molecule has 2 N–H and O–H groups in total. The summed E-state index contributed by atoms with van der Waals surface area (Å²) in [5.41, 5.74) is 0.385. The highest BCUT2D eigenvalue weighted by Crippen LogP contribution is 2.25. The van der Waals surface area contributed by atoms with Gasteiger partial charge in [-0.25, -0.2) is 0 Å². The highest BCUT2D eigenvalue weighted by molar-refractivity contribution is 5.92. The van der Waals surface area contributed by atoms with Crippen molar-refractivity contribution >= 4 is 11.6 Å². The molecule has 0 saturated carbocycles. The Balaban J connectivity index is 1.92. The van der Waals surface area contributed by atoms with E-state index in [0.29, 0.717) is 17.2 Å². The van der Waals surface area contributed by atoms with Gasteiger partial charge < -0.3 is 24.8 Å². The summed E-state index contributed by atoms with van der Waals surface area (Å²) in [7, 11) is 3.13. The minimum atomic E-state index is -0.233. The first kappa shape index (κ1) is 14.6. The Morgan fingerprint density at radius 2 is 1.85 bits per heavy atom. The number of amides is 1. The van der Waals surface area contributed by atoms with E-state index in [-0.39, 0.29) is 18.1 Å². The lowest BCUT2D eigenvalue weighted by Gasteiger charge is -2.38. The third kappa shape index (κ3) is 3.61. The third-order valence-electron chi connectivity index (χ3n) is 3.18. The highest BCUT2D eigenvalue weighted by atomic mass is 16.5. The monoisotopic (exact) mass is 280 g/mol. The van der Waals surface area contributed by atoms with Crippen molar-refractivity contribution in [1.82, 2.24) is 5.32 Å². The van der Waals surface area contributed by atoms with Crippen molar-refractivity contribution in [3.8, 4) is 11.5 Å². The molecule has 1 amide bonds. The lowest BCUT2D eigenvalue weighted by atomic mass is 10.0. The van der Waals surface area contributed by atoms with E-state index in [0.717, 1.165) is 13.1 Å². The van der Waals surface area contributed by atoms with Crippen LogP contribution in [0.25, 0.3) is 0 Å². The van der Waals surface area contributed by atoms with Crippen molar-refractivity contribution in [2.45, 2.75) is 12.5 Å². The van der Waals surface area contributed by atoms with Gasteiger partial charge >= 0.3 is 0 Å². The van der Waals surface area contributed by atoms with Gasteiger partial charge in [0, 0.05) is 37.0 Å². The molecular weight excluding hydrogens is 260 g/mol. The van der Waals surface area contributed by atoms with Gasteiger partial charge in [0.05, 0.1) is 19.8 Å². The first-order chi connectivity index (χ1) is 9.54. The number of anilines is 1. The summed E-state index contributed by atoms with van der Waals surface area (Å²) < 4.78 is 15.9. The Bertz CT molecular complexity index is 464. The fraction of sp³-hybridized carbons (Fsp3) is 0.500. The SMILES string of the molecule is COc1cc(NC(=O)COC2(C)CNC2)cc(OC)c1. The molecule has 0 atom stereocenters. The Kier molecular flexibility index (Phi) is 4.46. The van der Waals surface area contributed by atoms with Gasteiger partial charge in [-0.3, -0.25) is 4.79 Å². The summed E-state index contributed by atoms with van der Waals surface area (Å²) in [6, 6.07) is 5.20. The topological polar surface area (TPSA) is 68.8 Å². The normalized spacial score (nSPS) is 16.1. The number of carbonyl (C=O) groups excluding carboxylic acids is 1. The molecule has 6 nitrogen and oxygen atoms in total. The van der Waals surface area contributed by atoms with Crippen molar-refractivity contribution in [3.05, 3.63) is 18.2 Å². The third-order valence-corrected chi connectivity index (χ3v) is 3.18. The van der Waals surface area contributed by atoms with Gasteiger partial charge in [0.25, 0.3) is 0 Å². The fourth-order valence-corrected chi connectivity index (χ4v) is 1.90. The molecule has 1 saturated heterocycles. The average molecular weight is 280 g/mol. The van der Waals surface area contributed by atoms with Crippen LogP contribution in [-0.4, -0.2) is 45.4 Å². The Hall–Kier alpha value is -1.79. The minimum Gasteiger partial charge on any atom is -0.497 e. The van der Waals surface area contributed by atoms with Gasteiger partial charge in [-0.2, -0.15) is 0 Å². The van der Waals surface area contributed by atoms with Crippen LogP contribution in [0.3, 0.4) is 0 Å². The van der Waals surface area contributed by atoms with E-state index in [1.54, 1.807) is 32.4 Å². The average Bonchev–Trinajstić information content (AvgIpc) is 2.42. The standard InChI is InChI=1S/C14H20N2O4/c1-14(8-15-9-14)20-7-13(17)16-10-4-11(18-2)6-12(5-10)19-3/h4-6,15H,7-9H2,1-3H3,(H,16,17). The van der Waals surface area contributed by atoms with Gasteiger partial charge in [-0.05, 0) is 6.92 Å². The van der Waals surface area contributed by atoms with Crippen LogP contribution in [-0.2, 0) is 9.53 Å². The predicted octanol–water partition coefficient (Wildman–Crippen LogP) is 1.02. The van der Waals surface area contributed by atoms with Gasteiger partial charge in [-0.1, -0.05) is 0 Å². The zero-order chi connectivity index (χ0) is 14.6. The lowest BCUT2D eigenvalue weighted by Crippen LogP contribution is -2.59. The van der Waals surface area contributed by atoms with E-state index in [1.807, 2.05) is 6.92 Å². The zero-order valence-corrected chi connectivity index (χ0v) is 12.0. The number of carbonyl (C=O) groups is 1. The van der Waals surface area contributed by atoms with Crippen LogP contribution >= 0.6 is 0 Å². The maximum Gasteiger partial charge on any atom is 0.250 e. The molecule has 1 fully saturated rings. The molecule has 1 aliphatic heterocycles. The zero-order valence-electron chi connectivity index (χ0n) is 12.0. The van der Waals surface area contributed by atoms with Crippen LogP contribution in [0.15, 0.2) is 18.2 Å². The van der Waals surface area contributed by atoms with Crippen LogP contribution in [0.5, 0.6) is 11.5 Å². The molecule has 0 spiro atoms. The number of methoxy groups -OCH3 is 2. The van der Waals surface area contributed by atoms with Gasteiger partial charge in [0.1, 0.15) is 18.1 Å². The first-order valence-corrected chi connectivity index (χ1v) is 6.42. The summed E-state index contributed by atoms with van der Waals surface area (Å²) in [5, 5.41) is 5.88. The molecule has 2 rings (SSSR count). The molecule has 1 heterocycles. The van der Waals surface area contributed by atoms with E-state index in [1.165, 1.54) is 0 Å². The second-order valence-electron chi connectivity index (χ2n) is 4.99. The summed E-state index contributed by atoms with van der Waals surface area (Å²) >= 11 is 0. The second-order valence-corrected chi connectivity index (χ2v) is 4.99. The van der Waals surface area contributed by atoms with Crippen molar-refractivity contribution in [3.63, 3.8) is 0 Å². The molecule has 1 aromatic rings.